The molecule has 0 N–H and O–H groups in total. The van der Waals surface area contributed by atoms with Gasteiger partial charge in [-0.2, -0.15) is 0 Å². The molecule has 1 fully saturated rings. The van der Waals surface area contributed by atoms with Crippen molar-refractivity contribution in [1.29, 1.82) is 0 Å². The summed E-state index contributed by atoms with van der Waals surface area (Å²) >= 11 is 0. The van der Waals surface area contributed by atoms with E-state index in [4.69, 9.17) is 4.74 Å². The molecule has 0 aliphatic carbocycles. The second kappa shape index (κ2) is 5.85. The molecule has 1 aliphatic heterocycles. The number of cyclic esters (lactones) is 1. The maximum absolute atomic E-state index is 11.0. The average Bonchev–Trinajstić information content (AvgIpc) is 2.77. The SMILES string of the molecule is CCCCCc1ccc(C2CCC(=O)O2)cc1. The molecular formula is C15H20O2. The first-order valence-corrected chi connectivity index (χ1v) is 6.58. The Kier molecular flexibility index (Phi) is 4.18. The van der Waals surface area contributed by atoms with E-state index in [0.29, 0.717) is 6.42 Å². The molecule has 1 atom stereocenters. The molecule has 0 aromatic heterocycles. The van der Waals surface area contributed by atoms with Crippen molar-refractivity contribution >= 4 is 5.97 Å². The zero-order valence-electron chi connectivity index (χ0n) is 10.4. The summed E-state index contributed by atoms with van der Waals surface area (Å²) in [5.41, 5.74) is 2.52. The maximum atomic E-state index is 11.0. The molecule has 0 spiro atoms. The minimum Gasteiger partial charge on any atom is -0.457 e. The molecule has 92 valence electrons. The second-order valence-corrected chi connectivity index (χ2v) is 4.72. The largest absolute Gasteiger partial charge is 0.457 e. The van der Waals surface area contributed by atoms with Crippen LogP contribution >= 0.6 is 0 Å². The van der Waals surface area contributed by atoms with Crippen molar-refractivity contribution in [2.45, 2.75) is 51.6 Å². The van der Waals surface area contributed by atoms with Crippen LogP contribution in [0.4, 0.5) is 0 Å². The number of ether oxygens (including phenoxy) is 1. The molecule has 1 aromatic rings. The third-order valence-electron chi connectivity index (χ3n) is 3.30. The molecule has 2 heteroatoms. The molecule has 1 heterocycles. The predicted molar refractivity (Wildman–Crippen MR) is 67.7 cm³/mol. The van der Waals surface area contributed by atoms with Crippen molar-refractivity contribution in [3.63, 3.8) is 0 Å². The highest BCUT2D eigenvalue weighted by molar-refractivity contribution is 5.71. The summed E-state index contributed by atoms with van der Waals surface area (Å²) in [5.74, 6) is -0.0676. The van der Waals surface area contributed by atoms with Gasteiger partial charge in [0.1, 0.15) is 6.10 Å². The molecule has 1 aliphatic rings. The van der Waals surface area contributed by atoms with E-state index in [1.165, 1.54) is 24.8 Å². The average molecular weight is 232 g/mol. The van der Waals surface area contributed by atoms with E-state index in [-0.39, 0.29) is 12.1 Å². The summed E-state index contributed by atoms with van der Waals surface area (Å²) in [6, 6.07) is 8.53. The molecule has 0 radical (unpaired) electrons. The number of hydrogen-bond acceptors (Lipinski definition) is 2. The topological polar surface area (TPSA) is 26.3 Å². The highest BCUT2D eigenvalue weighted by Crippen LogP contribution is 2.29. The van der Waals surface area contributed by atoms with Crippen LogP contribution < -0.4 is 0 Å². The van der Waals surface area contributed by atoms with Crippen LogP contribution in [0.2, 0.25) is 0 Å². The molecule has 0 bridgehead atoms. The van der Waals surface area contributed by atoms with Crippen molar-refractivity contribution in [3.05, 3.63) is 35.4 Å². The van der Waals surface area contributed by atoms with E-state index in [2.05, 4.69) is 31.2 Å². The summed E-state index contributed by atoms with van der Waals surface area (Å²) in [5, 5.41) is 0. The number of benzene rings is 1. The fourth-order valence-corrected chi connectivity index (χ4v) is 2.24. The molecule has 1 saturated heterocycles. The third kappa shape index (κ3) is 3.32. The van der Waals surface area contributed by atoms with Crippen molar-refractivity contribution in [1.82, 2.24) is 0 Å². The van der Waals surface area contributed by atoms with Gasteiger partial charge in [0, 0.05) is 6.42 Å². The first kappa shape index (κ1) is 12.2. The quantitative estimate of drug-likeness (QED) is 0.570. The number of aryl methyl sites for hydroxylation is 1. The monoisotopic (exact) mass is 232 g/mol. The van der Waals surface area contributed by atoms with Crippen LogP contribution in [-0.4, -0.2) is 5.97 Å². The van der Waals surface area contributed by atoms with Crippen LogP contribution in [0, 0.1) is 0 Å². The Hall–Kier alpha value is -1.31. The van der Waals surface area contributed by atoms with Gasteiger partial charge in [0.25, 0.3) is 0 Å². The summed E-state index contributed by atoms with van der Waals surface area (Å²) in [6.45, 7) is 2.22. The van der Waals surface area contributed by atoms with Gasteiger partial charge in [-0.1, -0.05) is 44.0 Å². The highest BCUT2D eigenvalue weighted by Gasteiger charge is 2.24. The molecular weight excluding hydrogens is 212 g/mol. The normalized spacial score (nSPS) is 19.4. The van der Waals surface area contributed by atoms with Gasteiger partial charge in [-0.15, -0.1) is 0 Å². The second-order valence-electron chi connectivity index (χ2n) is 4.72. The van der Waals surface area contributed by atoms with Gasteiger partial charge in [0.05, 0.1) is 0 Å². The van der Waals surface area contributed by atoms with Gasteiger partial charge < -0.3 is 4.74 Å². The van der Waals surface area contributed by atoms with Gasteiger partial charge in [0.2, 0.25) is 0 Å². The minimum atomic E-state index is -0.0676. The van der Waals surface area contributed by atoms with E-state index in [1.54, 1.807) is 0 Å². The van der Waals surface area contributed by atoms with E-state index in [9.17, 15) is 4.79 Å². The van der Waals surface area contributed by atoms with Gasteiger partial charge in [0.15, 0.2) is 0 Å². The Bertz CT molecular complexity index is 367. The van der Waals surface area contributed by atoms with Crippen molar-refractivity contribution in [3.8, 4) is 0 Å². The van der Waals surface area contributed by atoms with Gasteiger partial charge >= 0.3 is 5.97 Å². The summed E-state index contributed by atoms with van der Waals surface area (Å²) < 4.78 is 5.25. The molecule has 2 nitrogen and oxygen atoms in total. The van der Waals surface area contributed by atoms with Crippen molar-refractivity contribution < 1.29 is 9.53 Å². The molecule has 17 heavy (non-hydrogen) atoms. The summed E-state index contributed by atoms with van der Waals surface area (Å²) in [6.07, 6.45) is 6.34. The Balaban J connectivity index is 1.91. The van der Waals surface area contributed by atoms with Gasteiger partial charge in [-0.05, 0) is 30.4 Å². The van der Waals surface area contributed by atoms with Gasteiger partial charge in [-0.3, -0.25) is 4.79 Å². The number of unbranched alkanes of at least 4 members (excludes halogenated alkanes) is 2. The van der Waals surface area contributed by atoms with Crippen molar-refractivity contribution in [2.24, 2.45) is 0 Å². The summed E-state index contributed by atoms with van der Waals surface area (Å²) in [4.78, 5) is 11.0. The standard InChI is InChI=1S/C15H20O2/c1-2-3-4-5-12-6-8-13(9-7-12)14-10-11-15(16)17-14/h6-9,14H,2-5,10-11H2,1H3. The Labute approximate surface area is 103 Å². The lowest BCUT2D eigenvalue weighted by Gasteiger charge is -2.10. The number of esters is 1. The highest BCUT2D eigenvalue weighted by atomic mass is 16.5. The molecule has 0 saturated carbocycles. The number of rotatable bonds is 5. The van der Waals surface area contributed by atoms with Crippen LogP contribution in [0.15, 0.2) is 24.3 Å². The molecule has 1 aromatic carbocycles. The lowest BCUT2D eigenvalue weighted by Crippen LogP contribution is -1.98. The molecule has 0 amide bonds. The van der Waals surface area contributed by atoms with E-state index in [1.807, 2.05) is 0 Å². The maximum Gasteiger partial charge on any atom is 0.306 e. The van der Waals surface area contributed by atoms with Gasteiger partial charge in [-0.25, -0.2) is 0 Å². The summed E-state index contributed by atoms with van der Waals surface area (Å²) in [7, 11) is 0. The zero-order valence-corrected chi connectivity index (χ0v) is 10.4. The number of carbonyl (C=O) groups is 1. The van der Waals surface area contributed by atoms with Crippen LogP contribution in [0.5, 0.6) is 0 Å². The Morgan fingerprint density at radius 3 is 2.59 bits per heavy atom. The first-order valence-electron chi connectivity index (χ1n) is 6.58. The van der Waals surface area contributed by atoms with Crippen LogP contribution in [-0.2, 0) is 16.0 Å². The number of hydrogen-bond donors (Lipinski definition) is 0. The predicted octanol–water partition coefficient (Wildman–Crippen LogP) is 3.80. The lowest BCUT2D eigenvalue weighted by atomic mass is 10.0. The van der Waals surface area contributed by atoms with E-state index >= 15 is 0 Å². The molecule has 1 unspecified atom stereocenters. The smallest absolute Gasteiger partial charge is 0.306 e. The van der Waals surface area contributed by atoms with Crippen LogP contribution in [0.3, 0.4) is 0 Å². The first-order chi connectivity index (χ1) is 8.29. The minimum absolute atomic E-state index is 0.00723. The fraction of sp³-hybridized carbons (Fsp3) is 0.533. The van der Waals surface area contributed by atoms with Crippen LogP contribution in [0.1, 0.15) is 56.3 Å². The van der Waals surface area contributed by atoms with Crippen LogP contribution in [0.25, 0.3) is 0 Å². The Morgan fingerprint density at radius 2 is 2.00 bits per heavy atom. The zero-order chi connectivity index (χ0) is 12.1. The number of carbonyl (C=O) groups excluding carboxylic acids is 1. The molecule has 2 rings (SSSR count). The lowest BCUT2D eigenvalue weighted by molar-refractivity contribution is -0.141. The fourth-order valence-electron chi connectivity index (χ4n) is 2.24. The van der Waals surface area contributed by atoms with E-state index in [0.717, 1.165) is 18.4 Å². The van der Waals surface area contributed by atoms with E-state index < -0.39 is 0 Å². The Morgan fingerprint density at radius 1 is 1.24 bits per heavy atom. The van der Waals surface area contributed by atoms with Crippen molar-refractivity contribution in [2.75, 3.05) is 0 Å². The third-order valence-corrected chi connectivity index (χ3v) is 3.30.